The number of nitrogens with zero attached hydrogens (tertiary/aromatic N) is 2. The van der Waals surface area contributed by atoms with Gasteiger partial charge >= 0.3 is 5.97 Å². The molecule has 1 atom stereocenters. The number of fused-ring (bicyclic) bond motifs is 1. The van der Waals surface area contributed by atoms with Crippen molar-refractivity contribution in [1.29, 1.82) is 0 Å². The third-order valence-electron chi connectivity index (χ3n) is 4.55. The van der Waals surface area contributed by atoms with E-state index in [0.717, 1.165) is 18.5 Å². The summed E-state index contributed by atoms with van der Waals surface area (Å²) in [6, 6.07) is 4.24. The lowest BCUT2D eigenvalue weighted by molar-refractivity contribution is -0.141. The third-order valence-corrected chi connectivity index (χ3v) is 4.55. The van der Waals surface area contributed by atoms with Gasteiger partial charge in [0.2, 0.25) is 5.91 Å². The topological polar surface area (TPSA) is 90.0 Å². The number of nitrogens with one attached hydrogen (secondary N) is 1. The van der Waals surface area contributed by atoms with Crippen LogP contribution in [0.25, 0.3) is 0 Å². The summed E-state index contributed by atoms with van der Waals surface area (Å²) >= 11 is 0. The van der Waals surface area contributed by atoms with Crippen LogP contribution in [0.5, 0.6) is 0 Å². The Balaban J connectivity index is 1.93. The van der Waals surface area contributed by atoms with Crippen LogP contribution in [0.1, 0.15) is 36.5 Å². The van der Waals surface area contributed by atoms with E-state index in [0.29, 0.717) is 24.2 Å². The van der Waals surface area contributed by atoms with Crippen LogP contribution < -0.4 is 10.2 Å². The number of carboxylic acids is 1. The van der Waals surface area contributed by atoms with Gasteiger partial charge in [-0.3, -0.25) is 9.59 Å². The number of carboxylic acid groups (broad SMARTS) is 1. The van der Waals surface area contributed by atoms with Crippen molar-refractivity contribution in [3.8, 4) is 0 Å². The first-order valence-corrected chi connectivity index (χ1v) is 8.09. The van der Waals surface area contributed by atoms with Crippen LogP contribution in [0.4, 0.5) is 11.4 Å². The van der Waals surface area contributed by atoms with Gasteiger partial charge in [0.25, 0.3) is 5.91 Å². The van der Waals surface area contributed by atoms with Gasteiger partial charge in [-0.05, 0) is 38.0 Å². The van der Waals surface area contributed by atoms with Gasteiger partial charge in [-0.2, -0.15) is 0 Å². The molecule has 1 unspecified atom stereocenters. The van der Waals surface area contributed by atoms with Gasteiger partial charge < -0.3 is 20.2 Å². The third kappa shape index (κ3) is 3.06. The fourth-order valence-electron chi connectivity index (χ4n) is 2.98. The molecule has 2 aliphatic rings. The molecule has 2 N–H and O–H groups in total. The van der Waals surface area contributed by atoms with E-state index in [9.17, 15) is 19.5 Å². The number of rotatable bonds is 4. The van der Waals surface area contributed by atoms with Crippen LogP contribution >= 0.6 is 0 Å². The number of hydrogen-bond donors (Lipinski definition) is 2. The highest BCUT2D eigenvalue weighted by Crippen LogP contribution is 2.33. The van der Waals surface area contributed by atoms with Crippen LogP contribution in [0, 0.1) is 0 Å². The average Bonchev–Trinajstić information content (AvgIpc) is 3.37. The molecule has 1 heterocycles. The highest BCUT2D eigenvalue weighted by atomic mass is 16.4. The van der Waals surface area contributed by atoms with Crippen LogP contribution in [-0.4, -0.2) is 53.5 Å². The van der Waals surface area contributed by atoms with Crippen molar-refractivity contribution in [1.82, 2.24) is 4.90 Å². The summed E-state index contributed by atoms with van der Waals surface area (Å²) in [6.45, 7) is 2.13. The van der Waals surface area contributed by atoms with Crippen molar-refractivity contribution in [3.63, 3.8) is 0 Å². The molecule has 0 aromatic heterocycles. The fourth-order valence-corrected chi connectivity index (χ4v) is 2.98. The van der Waals surface area contributed by atoms with Crippen molar-refractivity contribution >= 4 is 29.2 Å². The predicted octanol–water partition coefficient (Wildman–Crippen LogP) is 1.54. The molecule has 1 aromatic rings. The molecule has 2 amide bonds. The van der Waals surface area contributed by atoms with Gasteiger partial charge in [-0.25, -0.2) is 4.79 Å². The first-order valence-electron chi connectivity index (χ1n) is 8.09. The number of benzene rings is 1. The number of anilines is 2. The molecule has 1 saturated carbocycles. The Morgan fingerprint density at radius 1 is 1.38 bits per heavy atom. The summed E-state index contributed by atoms with van der Waals surface area (Å²) in [5.74, 6) is -1.42. The Kier molecular flexibility index (Phi) is 4.17. The van der Waals surface area contributed by atoms with Crippen LogP contribution in [0.15, 0.2) is 18.2 Å². The molecule has 1 aromatic carbocycles. The highest BCUT2D eigenvalue weighted by molar-refractivity contribution is 6.02. The minimum Gasteiger partial charge on any atom is -0.480 e. The summed E-state index contributed by atoms with van der Waals surface area (Å²) in [7, 11) is 1.89. The van der Waals surface area contributed by atoms with Crippen molar-refractivity contribution in [2.24, 2.45) is 0 Å². The Hall–Kier alpha value is -2.57. The van der Waals surface area contributed by atoms with Crippen molar-refractivity contribution in [2.45, 2.75) is 38.3 Å². The zero-order chi connectivity index (χ0) is 17.4. The Labute approximate surface area is 140 Å². The second-order valence-corrected chi connectivity index (χ2v) is 6.41. The number of carbonyl (C=O) groups is 3. The van der Waals surface area contributed by atoms with Crippen molar-refractivity contribution in [2.75, 3.05) is 23.8 Å². The minimum atomic E-state index is -1.02. The zero-order valence-electron chi connectivity index (χ0n) is 13.8. The summed E-state index contributed by atoms with van der Waals surface area (Å²) < 4.78 is 0. The van der Waals surface area contributed by atoms with E-state index in [1.165, 1.54) is 11.8 Å². The summed E-state index contributed by atoms with van der Waals surface area (Å²) in [6.07, 6.45) is 2.04. The second kappa shape index (κ2) is 6.14. The number of hydrogen-bond acceptors (Lipinski definition) is 4. The average molecular weight is 331 g/mol. The second-order valence-electron chi connectivity index (χ2n) is 6.41. The normalized spacial score (nSPS) is 18.2. The molecule has 0 saturated heterocycles. The SMILES string of the molecule is CC(C(=O)O)N(C(=O)c1ccc2c(c1)NC(=O)CCN2C)C1CC1. The molecule has 128 valence electrons. The van der Waals surface area contributed by atoms with E-state index >= 15 is 0 Å². The quantitative estimate of drug-likeness (QED) is 0.873. The lowest BCUT2D eigenvalue weighted by atomic mass is 10.1. The maximum Gasteiger partial charge on any atom is 0.326 e. The smallest absolute Gasteiger partial charge is 0.326 e. The molecule has 24 heavy (non-hydrogen) atoms. The van der Waals surface area contributed by atoms with E-state index in [-0.39, 0.29) is 17.9 Å². The summed E-state index contributed by atoms with van der Waals surface area (Å²) in [5.41, 5.74) is 1.83. The first kappa shape index (κ1) is 16.3. The monoisotopic (exact) mass is 331 g/mol. The van der Waals surface area contributed by atoms with E-state index in [1.807, 2.05) is 11.9 Å². The van der Waals surface area contributed by atoms with Crippen LogP contribution in [-0.2, 0) is 9.59 Å². The van der Waals surface area contributed by atoms with E-state index in [1.54, 1.807) is 18.2 Å². The molecule has 0 bridgehead atoms. The molecule has 1 aliphatic heterocycles. The molecule has 0 radical (unpaired) electrons. The fraction of sp³-hybridized carbons (Fsp3) is 0.471. The summed E-state index contributed by atoms with van der Waals surface area (Å²) in [5, 5.41) is 12.1. The van der Waals surface area contributed by atoms with Gasteiger partial charge in [0.05, 0.1) is 11.4 Å². The van der Waals surface area contributed by atoms with Gasteiger partial charge in [0.1, 0.15) is 6.04 Å². The molecular formula is C17H21N3O4. The molecule has 0 spiro atoms. The van der Waals surface area contributed by atoms with Crippen LogP contribution in [0.3, 0.4) is 0 Å². The largest absolute Gasteiger partial charge is 0.480 e. The van der Waals surface area contributed by atoms with Crippen LogP contribution in [0.2, 0.25) is 0 Å². The Morgan fingerprint density at radius 2 is 2.08 bits per heavy atom. The number of carbonyl (C=O) groups excluding carboxylic acids is 2. The Morgan fingerprint density at radius 3 is 2.71 bits per heavy atom. The first-order chi connectivity index (χ1) is 11.4. The highest BCUT2D eigenvalue weighted by Gasteiger charge is 2.39. The zero-order valence-corrected chi connectivity index (χ0v) is 13.8. The standard InChI is InChI=1S/C17H21N3O4/c1-10(17(23)24)20(12-4-5-12)16(22)11-3-6-14-13(9-11)18-15(21)7-8-19(14)2/h3,6,9-10,12H,4-5,7-8H2,1-2H3,(H,18,21)(H,23,24). The lowest BCUT2D eigenvalue weighted by Gasteiger charge is -2.27. The molecule has 7 heteroatoms. The number of amides is 2. The number of aliphatic carboxylic acids is 1. The minimum absolute atomic E-state index is 0.0142. The summed E-state index contributed by atoms with van der Waals surface area (Å²) in [4.78, 5) is 39.4. The van der Waals surface area contributed by atoms with E-state index < -0.39 is 12.0 Å². The lowest BCUT2D eigenvalue weighted by Crippen LogP contribution is -2.44. The molecule has 1 aliphatic carbocycles. The van der Waals surface area contributed by atoms with E-state index in [4.69, 9.17) is 0 Å². The molecule has 1 fully saturated rings. The molecule has 3 rings (SSSR count). The maximum absolute atomic E-state index is 12.8. The van der Waals surface area contributed by atoms with Gasteiger partial charge in [-0.15, -0.1) is 0 Å². The molecular weight excluding hydrogens is 310 g/mol. The van der Waals surface area contributed by atoms with Gasteiger partial charge in [0.15, 0.2) is 0 Å². The predicted molar refractivity (Wildman–Crippen MR) is 89.2 cm³/mol. The van der Waals surface area contributed by atoms with Gasteiger partial charge in [-0.1, -0.05) is 0 Å². The van der Waals surface area contributed by atoms with Gasteiger partial charge in [0, 0.05) is 31.6 Å². The van der Waals surface area contributed by atoms with Crippen molar-refractivity contribution < 1.29 is 19.5 Å². The molecule has 7 nitrogen and oxygen atoms in total. The van der Waals surface area contributed by atoms with Crippen molar-refractivity contribution in [3.05, 3.63) is 23.8 Å². The van der Waals surface area contributed by atoms with E-state index in [2.05, 4.69) is 5.32 Å². The Bertz CT molecular complexity index is 699. The maximum atomic E-state index is 12.8.